The van der Waals surface area contributed by atoms with Crippen LogP contribution in [0, 0.1) is 0 Å². The zero-order valence-electron chi connectivity index (χ0n) is 12.4. The Balaban J connectivity index is 2.63. The van der Waals surface area contributed by atoms with Gasteiger partial charge in [-0.15, -0.1) is 0 Å². The van der Waals surface area contributed by atoms with Gasteiger partial charge in [0, 0.05) is 12.8 Å². The quantitative estimate of drug-likeness (QED) is 0.426. The summed E-state index contributed by atoms with van der Waals surface area (Å²) >= 11 is 1.40. The van der Waals surface area contributed by atoms with Gasteiger partial charge in [-0.25, -0.2) is 4.58 Å². The lowest BCUT2D eigenvalue weighted by Gasteiger charge is -2.13. The van der Waals surface area contributed by atoms with Gasteiger partial charge in [0.05, 0.1) is 13.2 Å². The van der Waals surface area contributed by atoms with E-state index in [0.717, 1.165) is 31.0 Å². The van der Waals surface area contributed by atoms with Crippen molar-refractivity contribution in [2.45, 2.75) is 39.5 Å². The maximum Gasteiger partial charge on any atom is 0.317 e. The minimum absolute atomic E-state index is 0.232. The standard InChI is InChI=1S/C14H24NO4S/c1-3-18-13(16)10-12(15-8-6-5-7-9-15)20-11-14(17)19-4-2/h3-11H2,1-2H3/q+1. The van der Waals surface area contributed by atoms with Crippen LogP contribution in [0.25, 0.3) is 0 Å². The molecule has 0 saturated carbocycles. The van der Waals surface area contributed by atoms with Crippen molar-refractivity contribution in [2.24, 2.45) is 0 Å². The number of esters is 2. The highest BCUT2D eigenvalue weighted by Gasteiger charge is 2.23. The van der Waals surface area contributed by atoms with Crippen molar-refractivity contribution in [2.75, 3.05) is 32.1 Å². The Morgan fingerprint density at radius 2 is 1.60 bits per heavy atom. The van der Waals surface area contributed by atoms with Gasteiger partial charge < -0.3 is 9.47 Å². The van der Waals surface area contributed by atoms with Crippen molar-refractivity contribution >= 4 is 28.7 Å². The van der Waals surface area contributed by atoms with Crippen LogP contribution < -0.4 is 0 Å². The Bertz CT molecular complexity index is 360. The van der Waals surface area contributed by atoms with Crippen LogP contribution in [0.4, 0.5) is 0 Å². The van der Waals surface area contributed by atoms with Crippen LogP contribution >= 0.6 is 11.8 Å². The maximum absolute atomic E-state index is 11.7. The molecule has 0 radical (unpaired) electrons. The third-order valence-electron chi connectivity index (χ3n) is 2.97. The van der Waals surface area contributed by atoms with Gasteiger partial charge in [0.2, 0.25) is 5.04 Å². The van der Waals surface area contributed by atoms with Crippen molar-refractivity contribution in [3.05, 3.63) is 0 Å². The molecule has 1 rings (SSSR count). The van der Waals surface area contributed by atoms with Gasteiger partial charge in [-0.2, -0.15) is 0 Å². The normalized spacial score (nSPS) is 14.8. The largest absolute Gasteiger partial charge is 0.466 e. The van der Waals surface area contributed by atoms with Crippen molar-refractivity contribution < 1.29 is 23.6 Å². The lowest BCUT2D eigenvalue weighted by atomic mass is 10.1. The average Bonchev–Trinajstić information content (AvgIpc) is 2.45. The summed E-state index contributed by atoms with van der Waals surface area (Å²) in [7, 11) is 0. The van der Waals surface area contributed by atoms with Crippen LogP contribution in [0.3, 0.4) is 0 Å². The number of piperidine rings is 1. The molecule has 0 aromatic rings. The molecule has 0 atom stereocenters. The van der Waals surface area contributed by atoms with E-state index in [-0.39, 0.29) is 24.1 Å². The molecular weight excluding hydrogens is 278 g/mol. The second-order valence-corrected chi connectivity index (χ2v) is 5.57. The Hall–Kier alpha value is -1.04. The maximum atomic E-state index is 11.7. The molecular formula is C14H24NO4S+. The number of nitrogens with zero attached hydrogens (tertiary/aromatic N) is 1. The van der Waals surface area contributed by atoms with Gasteiger partial charge in [0.15, 0.2) is 0 Å². The molecule has 5 nitrogen and oxygen atoms in total. The topological polar surface area (TPSA) is 55.6 Å². The predicted molar refractivity (Wildman–Crippen MR) is 79.2 cm³/mol. The minimum Gasteiger partial charge on any atom is -0.466 e. The molecule has 0 amide bonds. The summed E-state index contributed by atoms with van der Waals surface area (Å²) in [6, 6.07) is 0. The Morgan fingerprint density at radius 1 is 1.00 bits per heavy atom. The molecule has 0 aliphatic carbocycles. The molecule has 1 saturated heterocycles. The van der Waals surface area contributed by atoms with E-state index >= 15 is 0 Å². The lowest BCUT2D eigenvalue weighted by molar-refractivity contribution is -0.535. The zero-order chi connectivity index (χ0) is 14.8. The number of ether oxygens (including phenoxy) is 2. The highest BCUT2D eigenvalue weighted by atomic mass is 32.2. The van der Waals surface area contributed by atoms with Crippen LogP contribution in [-0.4, -0.2) is 53.6 Å². The number of hydrogen-bond donors (Lipinski definition) is 0. The summed E-state index contributed by atoms with van der Waals surface area (Å²) in [6.45, 7) is 6.25. The molecule has 0 N–H and O–H groups in total. The van der Waals surface area contributed by atoms with Gasteiger partial charge in [-0.05, 0) is 20.3 Å². The summed E-state index contributed by atoms with van der Waals surface area (Å²) in [5.41, 5.74) is 0. The second kappa shape index (κ2) is 9.80. The van der Waals surface area contributed by atoms with E-state index in [0.29, 0.717) is 13.2 Å². The molecule has 1 aliphatic heterocycles. The van der Waals surface area contributed by atoms with Gasteiger partial charge in [0.1, 0.15) is 25.3 Å². The zero-order valence-corrected chi connectivity index (χ0v) is 13.2. The molecule has 0 unspecified atom stereocenters. The fourth-order valence-electron chi connectivity index (χ4n) is 2.08. The SMILES string of the molecule is CCOC(=O)CSC(CC(=O)OCC)=[N+]1CCCCC1. The number of hydrogen-bond acceptors (Lipinski definition) is 5. The van der Waals surface area contributed by atoms with E-state index in [1.807, 2.05) is 0 Å². The monoisotopic (exact) mass is 302 g/mol. The first kappa shape index (κ1) is 17.0. The van der Waals surface area contributed by atoms with E-state index < -0.39 is 0 Å². The fraction of sp³-hybridized carbons (Fsp3) is 0.786. The Morgan fingerprint density at radius 3 is 2.20 bits per heavy atom. The Labute approximate surface area is 124 Å². The van der Waals surface area contributed by atoms with Crippen LogP contribution in [0.1, 0.15) is 39.5 Å². The number of thioether (sulfide) groups is 1. The summed E-state index contributed by atoms with van der Waals surface area (Å²) in [5.74, 6) is -0.223. The highest BCUT2D eigenvalue weighted by molar-refractivity contribution is 8.14. The molecule has 1 aliphatic rings. The molecule has 114 valence electrons. The summed E-state index contributed by atoms with van der Waals surface area (Å²) in [6.07, 6.45) is 3.74. The Kier molecular flexibility index (Phi) is 8.34. The van der Waals surface area contributed by atoms with Gasteiger partial charge in [0.25, 0.3) is 0 Å². The van der Waals surface area contributed by atoms with E-state index in [4.69, 9.17) is 9.47 Å². The third kappa shape index (κ3) is 6.41. The molecule has 6 heteroatoms. The van der Waals surface area contributed by atoms with Crippen LogP contribution in [0.5, 0.6) is 0 Å². The van der Waals surface area contributed by atoms with Crippen molar-refractivity contribution in [3.8, 4) is 0 Å². The first-order chi connectivity index (χ1) is 9.67. The molecule has 20 heavy (non-hydrogen) atoms. The first-order valence-electron chi connectivity index (χ1n) is 7.22. The first-order valence-corrected chi connectivity index (χ1v) is 8.20. The molecule has 0 aromatic carbocycles. The smallest absolute Gasteiger partial charge is 0.317 e. The molecule has 1 fully saturated rings. The number of carbonyl (C=O) groups excluding carboxylic acids is 2. The van der Waals surface area contributed by atoms with Crippen LogP contribution in [0.15, 0.2) is 0 Å². The van der Waals surface area contributed by atoms with E-state index in [9.17, 15) is 9.59 Å². The van der Waals surface area contributed by atoms with Gasteiger partial charge in [-0.3, -0.25) is 9.59 Å². The van der Waals surface area contributed by atoms with Gasteiger partial charge >= 0.3 is 11.9 Å². The van der Waals surface area contributed by atoms with Crippen molar-refractivity contribution in [1.29, 1.82) is 0 Å². The van der Waals surface area contributed by atoms with Crippen molar-refractivity contribution in [3.63, 3.8) is 0 Å². The van der Waals surface area contributed by atoms with Crippen LogP contribution in [0.2, 0.25) is 0 Å². The van der Waals surface area contributed by atoms with E-state index in [1.165, 1.54) is 18.2 Å². The van der Waals surface area contributed by atoms with E-state index in [2.05, 4.69) is 4.58 Å². The average molecular weight is 302 g/mol. The van der Waals surface area contributed by atoms with Gasteiger partial charge in [-0.1, -0.05) is 11.8 Å². The highest BCUT2D eigenvalue weighted by Crippen LogP contribution is 2.14. The molecule has 0 aromatic heterocycles. The summed E-state index contributed by atoms with van der Waals surface area (Å²) in [5, 5.41) is 0.927. The second-order valence-electron chi connectivity index (χ2n) is 4.52. The van der Waals surface area contributed by atoms with E-state index in [1.54, 1.807) is 13.8 Å². The summed E-state index contributed by atoms with van der Waals surface area (Å²) < 4.78 is 12.1. The number of carbonyl (C=O) groups is 2. The minimum atomic E-state index is -0.240. The van der Waals surface area contributed by atoms with Crippen molar-refractivity contribution in [1.82, 2.24) is 0 Å². The molecule has 0 spiro atoms. The summed E-state index contributed by atoms with van der Waals surface area (Å²) in [4.78, 5) is 23.1. The molecule has 1 heterocycles. The third-order valence-corrected chi connectivity index (χ3v) is 4.09. The van der Waals surface area contributed by atoms with Crippen LogP contribution in [-0.2, 0) is 19.1 Å². The molecule has 0 bridgehead atoms. The lowest BCUT2D eigenvalue weighted by Crippen LogP contribution is -2.28. The fourth-order valence-corrected chi connectivity index (χ4v) is 3.03. The predicted octanol–water partition coefficient (Wildman–Crippen LogP) is 1.83. The number of rotatable bonds is 6.